The van der Waals surface area contributed by atoms with E-state index in [1.165, 1.54) is 4.57 Å². The average molecular weight is 328 g/mol. The highest BCUT2D eigenvalue weighted by Crippen LogP contribution is 2.32. The Labute approximate surface area is 128 Å². The summed E-state index contributed by atoms with van der Waals surface area (Å²) in [5.41, 5.74) is -1.67. The molecule has 0 aliphatic carbocycles. The number of aryl methyl sites for hydroxylation is 1. The van der Waals surface area contributed by atoms with Gasteiger partial charge in [-0.25, -0.2) is 4.39 Å². The van der Waals surface area contributed by atoms with E-state index >= 15 is 0 Å². The zero-order valence-electron chi connectivity index (χ0n) is 11.8. The molecule has 23 heavy (non-hydrogen) atoms. The van der Waals surface area contributed by atoms with E-state index in [2.05, 4.69) is 15.5 Å². The monoisotopic (exact) mass is 328 g/mol. The first-order chi connectivity index (χ1) is 10.9. The summed E-state index contributed by atoms with van der Waals surface area (Å²) in [5.74, 6) is -0.523. The summed E-state index contributed by atoms with van der Waals surface area (Å²) in [7, 11) is 0. The molecular formula is C14H12F4N4O. The molecule has 5 nitrogen and oxygen atoms in total. The van der Waals surface area contributed by atoms with E-state index in [1.807, 2.05) is 0 Å². The Balaban J connectivity index is 1.86. The van der Waals surface area contributed by atoms with Crippen LogP contribution in [-0.2, 0) is 25.7 Å². The lowest BCUT2D eigenvalue weighted by Crippen LogP contribution is -2.26. The summed E-state index contributed by atoms with van der Waals surface area (Å²) in [6, 6.07) is 2.40. The fourth-order valence-corrected chi connectivity index (χ4v) is 2.52. The van der Waals surface area contributed by atoms with Gasteiger partial charge in [0.2, 0.25) is 5.82 Å². The van der Waals surface area contributed by atoms with Gasteiger partial charge in [0.05, 0.1) is 5.56 Å². The minimum absolute atomic E-state index is 0.118. The highest BCUT2D eigenvalue weighted by molar-refractivity contribution is 5.36. The predicted molar refractivity (Wildman–Crippen MR) is 73.3 cm³/mol. The number of hydrogen-bond donors (Lipinski definition) is 1. The van der Waals surface area contributed by atoms with E-state index in [1.54, 1.807) is 0 Å². The van der Waals surface area contributed by atoms with Crippen molar-refractivity contribution in [2.24, 2.45) is 0 Å². The number of nitrogens with zero attached hydrogens (tertiary/aromatic N) is 3. The van der Waals surface area contributed by atoms with Gasteiger partial charge in [-0.3, -0.25) is 9.36 Å². The Morgan fingerprint density at radius 1 is 1.26 bits per heavy atom. The van der Waals surface area contributed by atoms with Crippen LogP contribution in [0.1, 0.15) is 23.4 Å². The molecule has 0 fully saturated rings. The molecule has 0 amide bonds. The molecule has 0 radical (unpaired) electrons. The van der Waals surface area contributed by atoms with Crippen LogP contribution >= 0.6 is 0 Å². The van der Waals surface area contributed by atoms with Crippen molar-refractivity contribution < 1.29 is 17.6 Å². The number of halogens is 4. The van der Waals surface area contributed by atoms with Crippen LogP contribution in [0.25, 0.3) is 0 Å². The van der Waals surface area contributed by atoms with Crippen molar-refractivity contribution in [3.63, 3.8) is 0 Å². The SMILES string of the molecule is O=c1c(NCc2ccc(F)cc2C(F)(F)F)nnc2n1CCC2. The molecule has 0 bridgehead atoms. The van der Waals surface area contributed by atoms with E-state index in [-0.39, 0.29) is 17.9 Å². The van der Waals surface area contributed by atoms with Crippen LogP contribution in [0.3, 0.4) is 0 Å². The van der Waals surface area contributed by atoms with Crippen LogP contribution < -0.4 is 10.9 Å². The smallest absolute Gasteiger partial charge is 0.360 e. The van der Waals surface area contributed by atoms with Crippen LogP contribution in [0.2, 0.25) is 0 Å². The zero-order chi connectivity index (χ0) is 16.6. The maximum Gasteiger partial charge on any atom is 0.416 e. The first-order valence-electron chi connectivity index (χ1n) is 6.92. The lowest BCUT2D eigenvalue weighted by Gasteiger charge is -2.14. The molecule has 0 unspecified atom stereocenters. The third-order valence-corrected chi connectivity index (χ3v) is 3.63. The Hall–Kier alpha value is -2.45. The Kier molecular flexibility index (Phi) is 3.78. The second kappa shape index (κ2) is 5.64. The highest BCUT2D eigenvalue weighted by atomic mass is 19.4. The summed E-state index contributed by atoms with van der Waals surface area (Å²) in [4.78, 5) is 12.1. The van der Waals surface area contributed by atoms with Crippen molar-refractivity contribution in [1.82, 2.24) is 14.8 Å². The van der Waals surface area contributed by atoms with Crippen molar-refractivity contribution in [3.05, 3.63) is 51.3 Å². The molecule has 1 aromatic carbocycles. The molecule has 2 aromatic rings. The fourth-order valence-electron chi connectivity index (χ4n) is 2.52. The highest BCUT2D eigenvalue weighted by Gasteiger charge is 2.33. The molecule has 3 rings (SSSR count). The van der Waals surface area contributed by atoms with E-state index in [0.29, 0.717) is 24.9 Å². The van der Waals surface area contributed by atoms with Gasteiger partial charge in [0, 0.05) is 19.5 Å². The zero-order valence-corrected chi connectivity index (χ0v) is 11.8. The second-order valence-electron chi connectivity index (χ2n) is 5.18. The van der Waals surface area contributed by atoms with Crippen molar-refractivity contribution in [1.29, 1.82) is 0 Å². The first kappa shape index (κ1) is 15.4. The van der Waals surface area contributed by atoms with E-state index in [4.69, 9.17) is 0 Å². The maximum atomic E-state index is 13.1. The van der Waals surface area contributed by atoms with E-state index in [9.17, 15) is 22.4 Å². The summed E-state index contributed by atoms with van der Waals surface area (Å²) >= 11 is 0. The van der Waals surface area contributed by atoms with Gasteiger partial charge in [0.25, 0.3) is 5.56 Å². The molecule has 122 valence electrons. The second-order valence-corrected chi connectivity index (χ2v) is 5.18. The molecule has 1 aromatic heterocycles. The molecule has 0 saturated carbocycles. The molecule has 0 saturated heterocycles. The minimum Gasteiger partial charge on any atom is -0.360 e. The maximum absolute atomic E-state index is 13.1. The minimum atomic E-state index is -4.68. The van der Waals surface area contributed by atoms with Gasteiger partial charge < -0.3 is 5.32 Å². The van der Waals surface area contributed by atoms with Crippen molar-refractivity contribution in [2.45, 2.75) is 32.1 Å². The topological polar surface area (TPSA) is 59.8 Å². The van der Waals surface area contributed by atoms with Crippen LogP contribution in [-0.4, -0.2) is 14.8 Å². The van der Waals surface area contributed by atoms with Gasteiger partial charge in [-0.1, -0.05) is 6.07 Å². The standard InChI is InChI=1S/C14H12F4N4O/c15-9-4-3-8(10(6-9)14(16,17)18)7-19-12-13(23)22-5-1-2-11(22)20-21-12/h3-4,6H,1-2,5,7H2,(H,19,21). The Morgan fingerprint density at radius 3 is 2.78 bits per heavy atom. The number of fused-ring (bicyclic) bond motifs is 1. The van der Waals surface area contributed by atoms with Gasteiger partial charge in [0.1, 0.15) is 11.6 Å². The predicted octanol–water partition coefficient (Wildman–Crippen LogP) is 2.35. The summed E-state index contributed by atoms with van der Waals surface area (Å²) < 4.78 is 53.3. The van der Waals surface area contributed by atoms with Crippen LogP contribution in [0, 0.1) is 5.82 Å². The molecule has 9 heteroatoms. The number of anilines is 1. The van der Waals surface area contributed by atoms with Gasteiger partial charge in [-0.15, -0.1) is 10.2 Å². The largest absolute Gasteiger partial charge is 0.416 e. The number of aromatic nitrogens is 3. The summed E-state index contributed by atoms with van der Waals surface area (Å²) in [6.45, 7) is 0.209. The Bertz CT molecular complexity index is 800. The summed E-state index contributed by atoms with van der Waals surface area (Å²) in [6.07, 6.45) is -3.25. The lowest BCUT2D eigenvalue weighted by molar-refractivity contribution is -0.138. The van der Waals surface area contributed by atoms with E-state index < -0.39 is 23.1 Å². The molecule has 2 heterocycles. The van der Waals surface area contributed by atoms with Crippen molar-refractivity contribution in [2.75, 3.05) is 5.32 Å². The lowest BCUT2D eigenvalue weighted by atomic mass is 10.1. The van der Waals surface area contributed by atoms with Gasteiger partial charge in [-0.05, 0) is 24.1 Å². The quantitative estimate of drug-likeness (QED) is 0.879. The van der Waals surface area contributed by atoms with Crippen LogP contribution in [0.4, 0.5) is 23.4 Å². The van der Waals surface area contributed by atoms with Gasteiger partial charge >= 0.3 is 6.18 Å². The molecule has 1 aliphatic heterocycles. The molecule has 0 atom stereocenters. The van der Waals surface area contributed by atoms with E-state index in [0.717, 1.165) is 18.6 Å². The third-order valence-electron chi connectivity index (χ3n) is 3.63. The van der Waals surface area contributed by atoms with Crippen LogP contribution in [0.5, 0.6) is 0 Å². The average Bonchev–Trinajstić information content (AvgIpc) is 2.96. The summed E-state index contributed by atoms with van der Waals surface area (Å²) in [5, 5.41) is 10.2. The first-order valence-corrected chi connectivity index (χ1v) is 6.92. The molecular weight excluding hydrogens is 316 g/mol. The van der Waals surface area contributed by atoms with Crippen molar-refractivity contribution >= 4 is 5.82 Å². The normalized spacial score (nSPS) is 13.9. The van der Waals surface area contributed by atoms with Gasteiger partial charge in [0.15, 0.2) is 0 Å². The molecule has 1 N–H and O–H groups in total. The number of nitrogens with one attached hydrogen (secondary N) is 1. The van der Waals surface area contributed by atoms with Gasteiger partial charge in [-0.2, -0.15) is 13.2 Å². The fraction of sp³-hybridized carbons (Fsp3) is 0.357. The number of hydrogen-bond acceptors (Lipinski definition) is 4. The van der Waals surface area contributed by atoms with Crippen molar-refractivity contribution in [3.8, 4) is 0 Å². The Morgan fingerprint density at radius 2 is 2.04 bits per heavy atom. The number of alkyl halides is 3. The molecule has 1 aliphatic rings. The third kappa shape index (κ3) is 3.03. The van der Waals surface area contributed by atoms with Crippen LogP contribution in [0.15, 0.2) is 23.0 Å². The number of rotatable bonds is 3. The molecule has 0 spiro atoms. The number of benzene rings is 1.